The molecule has 0 saturated carbocycles. The van der Waals surface area contributed by atoms with Gasteiger partial charge >= 0.3 is 0 Å². The minimum absolute atomic E-state index is 0.948. The van der Waals surface area contributed by atoms with E-state index < -0.39 is 0 Å². The average molecular weight is 314 g/mol. The number of rotatable bonds is 0. The standard InChI is InChI=1S/C19H30N4/c1-16-17-7-2-3-8-18(17)19-15-22-13-12-21-10-5-4-9-20-11-6-14-23(16)19/h2-3,7-8,20-22H,4-6,9-15H2,1H3. The van der Waals surface area contributed by atoms with Crippen LogP contribution in [0.1, 0.15) is 30.7 Å². The molecule has 2 aromatic rings. The van der Waals surface area contributed by atoms with Crippen molar-refractivity contribution in [2.75, 3.05) is 32.7 Å². The lowest BCUT2D eigenvalue weighted by atomic mass is 10.1. The van der Waals surface area contributed by atoms with Crippen molar-refractivity contribution in [3.8, 4) is 0 Å². The van der Waals surface area contributed by atoms with Crippen LogP contribution < -0.4 is 16.0 Å². The molecule has 2 heterocycles. The maximum Gasteiger partial charge on any atom is 0.0396 e. The van der Waals surface area contributed by atoms with Crippen LogP contribution >= 0.6 is 0 Å². The van der Waals surface area contributed by atoms with Crippen LogP contribution in [0.5, 0.6) is 0 Å². The molecule has 0 amide bonds. The van der Waals surface area contributed by atoms with Crippen molar-refractivity contribution in [1.29, 1.82) is 0 Å². The molecule has 0 spiro atoms. The first-order valence-electron chi connectivity index (χ1n) is 9.07. The van der Waals surface area contributed by atoms with Crippen LogP contribution in [0.15, 0.2) is 24.3 Å². The Kier molecular flexibility index (Phi) is 6.08. The zero-order valence-electron chi connectivity index (χ0n) is 14.3. The Morgan fingerprint density at radius 2 is 1.43 bits per heavy atom. The van der Waals surface area contributed by atoms with Gasteiger partial charge in [0, 0.05) is 48.3 Å². The summed E-state index contributed by atoms with van der Waals surface area (Å²) in [5, 5.41) is 13.5. The van der Waals surface area contributed by atoms with E-state index in [1.165, 1.54) is 41.4 Å². The van der Waals surface area contributed by atoms with Crippen molar-refractivity contribution in [3.63, 3.8) is 0 Å². The zero-order chi connectivity index (χ0) is 15.9. The van der Waals surface area contributed by atoms with E-state index in [1.54, 1.807) is 0 Å². The van der Waals surface area contributed by atoms with Gasteiger partial charge in [0.15, 0.2) is 0 Å². The Hall–Kier alpha value is -1.36. The van der Waals surface area contributed by atoms with E-state index in [1.807, 2.05) is 0 Å². The first-order valence-corrected chi connectivity index (χ1v) is 9.07. The number of aromatic nitrogens is 1. The molecule has 0 fully saturated rings. The lowest BCUT2D eigenvalue weighted by molar-refractivity contribution is 0.546. The molecule has 126 valence electrons. The van der Waals surface area contributed by atoms with E-state index >= 15 is 0 Å². The monoisotopic (exact) mass is 314 g/mol. The Bertz CT molecular complexity index is 617. The van der Waals surface area contributed by atoms with Crippen LogP contribution in [-0.2, 0) is 13.1 Å². The number of nitrogens with one attached hydrogen (secondary N) is 3. The summed E-state index contributed by atoms with van der Waals surface area (Å²) < 4.78 is 2.52. The fourth-order valence-corrected chi connectivity index (χ4v) is 3.53. The lowest BCUT2D eigenvalue weighted by Crippen LogP contribution is -2.28. The summed E-state index contributed by atoms with van der Waals surface area (Å²) in [5.41, 5.74) is 2.84. The Labute approximate surface area is 139 Å². The van der Waals surface area contributed by atoms with Crippen LogP contribution in [0.4, 0.5) is 0 Å². The van der Waals surface area contributed by atoms with E-state index in [9.17, 15) is 0 Å². The smallest absolute Gasteiger partial charge is 0.0396 e. The molecule has 0 saturated heterocycles. The highest BCUT2D eigenvalue weighted by atomic mass is 15.0. The molecule has 4 nitrogen and oxygen atoms in total. The maximum absolute atomic E-state index is 3.62. The molecule has 4 heteroatoms. The van der Waals surface area contributed by atoms with Gasteiger partial charge < -0.3 is 20.5 Å². The highest BCUT2D eigenvalue weighted by Gasteiger charge is 2.13. The summed E-state index contributed by atoms with van der Waals surface area (Å²) in [6.07, 6.45) is 3.71. The second-order valence-electron chi connectivity index (χ2n) is 6.47. The van der Waals surface area contributed by atoms with Crippen LogP contribution in [0.2, 0.25) is 0 Å². The fourth-order valence-electron chi connectivity index (χ4n) is 3.53. The maximum atomic E-state index is 3.62. The third-order valence-electron chi connectivity index (χ3n) is 4.82. The van der Waals surface area contributed by atoms with E-state index in [0.717, 1.165) is 45.8 Å². The lowest BCUT2D eigenvalue weighted by Gasteiger charge is -2.13. The van der Waals surface area contributed by atoms with Crippen molar-refractivity contribution in [2.24, 2.45) is 0 Å². The molecule has 3 rings (SSSR count). The number of nitrogens with zero attached hydrogens (tertiary/aromatic N) is 1. The topological polar surface area (TPSA) is 41.0 Å². The number of benzene rings is 1. The molecule has 0 unspecified atom stereocenters. The summed E-state index contributed by atoms with van der Waals surface area (Å²) in [6.45, 7) is 9.75. The fraction of sp³-hybridized carbons (Fsp3) is 0.579. The number of hydrogen-bond acceptors (Lipinski definition) is 3. The molecule has 0 atom stereocenters. The number of aryl methyl sites for hydroxylation is 1. The Balaban J connectivity index is 1.80. The molecule has 23 heavy (non-hydrogen) atoms. The first kappa shape index (κ1) is 16.5. The van der Waals surface area contributed by atoms with Crippen LogP contribution in [0, 0.1) is 6.92 Å². The summed E-state index contributed by atoms with van der Waals surface area (Å²) >= 11 is 0. The number of fused-ring (bicyclic) bond motifs is 3. The molecule has 1 aromatic carbocycles. The van der Waals surface area contributed by atoms with Gasteiger partial charge in [-0.15, -0.1) is 0 Å². The van der Waals surface area contributed by atoms with Crippen molar-refractivity contribution < 1.29 is 0 Å². The third kappa shape index (κ3) is 4.14. The van der Waals surface area contributed by atoms with Crippen LogP contribution in [0.25, 0.3) is 10.8 Å². The SMILES string of the molecule is Cc1c2ccccc2c2n1CCCNCCCCNCCNC2. The molecule has 1 aliphatic heterocycles. The van der Waals surface area contributed by atoms with Gasteiger partial charge in [0.1, 0.15) is 0 Å². The van der Waals surface area contributed by atoms with Crippen molar-refractivity contribution in [3.05, 3.63) is 35.7 Å². The molecule has 1 aliphatic rings. The second-order valence-corrected chi connectivity index (χ2v) is 6.47. The van der Waals surface area contributed by atoms with E-state index in [4.69, 9.17) is 0 Å². The molecule has 1 aromatic heterocycles. The predicted octanol–water partition coefficient (Wildman–Crippen LogP) is 2.40. The number of hydrogen-bond donors (Lipinski definition) is 3. The van der Waals surface area contributed by atoms with Crippen molar-refractivity contribution in [1.82, 2.24) is 20.5 Å². The van der Waals surface area contributed by atoms with Gasteiger partial charge in [-0.3, -0.25) is 0 Å². The molecule has 0 radical (unpaired) electrons. The van der Waals surface area contributed by atoms with Gasteiger partial charge in [0.05, 0.1) is 0 Å². The van der Waals surface area contributed by atoms with E-state index in [2.05, 4.69) is 51.7 Å². The van der Waals surface area contributed by atoms with Gasteiger partial charge in [-0.2, -0.15) is 0 Å². The van der Waals surface area contributed by atoms with Gasteiger partial charge in [-0.1, -0.05) is 24.3 Å². The zero-order valence-corrected chi connectivity index (χ0v) is 14.3. The minimum atomic E-state index is 0.948. The second kappa shape index (κ2) is 8.48. The van der Waals surface area contributed by atoms with E-state index in [0.29, 0.717) is 0 Å². The predicted molar refractivity (Wildman–Crippen MR) is 98.0 cm³/mol. The average Bonchev–Trinajstić information content (AvgIpc) is 2.83. The highest BCUT2D eigenvalue weighted by molar-refractivity contribution is 5.88. The summed E-state index contributed by atoms with van der Waals surface area (Å²) in [4.78, 5) is 0. The molecule has 0 aliphatic carbocycles. The summed E-state index contributed by atoms with van der Waals surface area (Å²) in [6, 6.07) is 8.82. The summed E-state index contributed by atoms with van der Waals surface area (Å²) in [7, 11) is 0. The van der Waals surface area contributed by atoms with Gasteiger partial charge in [-0.25, -0.2) is 0 Å². The molecular formula is C19H30N4. The minimum Gasteiger partial charge on any atom is -0.346 e. The summed E-state index contributed by atoms with van der Waals surface area (Å²) in [5.74, 6) is 0. The highest BCUT2D eigenvalue weighted by Crippen LogP contribution is 2.26. The molecular weight excluding hydrogens is 284 g/mol. The quantitative estimate of drug-likeness (QED) is 0.699. The third-order valence-corrected chi connectivity index (χ3v) is 4.82. The largest absolute Gasteiger partial charge is 0.346 e. The van der Waals surface area contributed by atoms with Gasteiger partial charge in [-0.05, 0) is 45.8 Å². The van der Waals surface area contributed by atoms with Crippen molar-refractivity contribution in [2.45, 2.75) is 39.3 Å². The molecule has 3 N–H and O–H groups in total. The van der Waals surface area contributed by atoms with Crippen LogP contribution in [0.3, 0.4) is 0 Å². The Morgan fingerprint density at radius 1 is 0.783 bits per heavy atom. The van der Waals surface area contributed by atoms with Crippen LogP contribution in [-0.4, -0.2) is 37.3 Å². The molecule has 0 bridgehead atoms. The Morgan fingerprint density at radius 3 is 2.26 bits per heavy atom. The first-order chi connectivity index (χ1) is 11.4. The van der Waals surface area contributed by atoms with Gasteiger partial charge in [0.2, 0.25) is 0 Å². The van der Waals surface area contributed by atoms with Crippen molar-refractivity contribution >= 4 is 10.8 Å². The van der Waals surface area contributed by atoms with Gasteiger partial charge in [0.25, 0.3) is 0 Å². The normalized spacial score (nSPS) is 19.0. The van der Waals surface area contributed by atoms with E-state index in [-0.39, 0.29) is 0 Å².